The van der Waals surface area contributed by atoms with Gasteiger partial charge < -0.3 is 4.74 Å². The van der Waals surface area contributed by atoms with E-state index in [0.29, 0.717) is 26.2 Å². The molecule has 2 nitrogen and oxygen atoms in total. The van der Waals surface area contributed by atoms with Crippen molar-refractivity contribution in [2.24, 2.45) is 5.92 Å². The lowest BCUT2D eigenvalue weighted by Crippen LogP contribution is -2.42. The first-order valence-electron chi connectivity index (χ1n) is 5.79. The van der Waals surface area contributed by atoms with Crippen LogP contribution in [0.15, 0.2) is 0 Å². The van der Waals surface area contributed by atoms with E-state index in [0.717, 1.165) is 19.4 Å². The summed E-state index contributed by atoms with van der Waals surface area (Å²) in [7, 11) is 0. The van der Waals surface area contributed by atoms with E-state index in [1.165, 1.54) is 0 Å². The van der Waals surface area contributed by atoms with Gasteiger partial charge in [0, 0.05) is 24.6 Å². The SMILES string of the molecule is CCOC[C@@]12CCCN1C[C@@H](C(F)F)C2. The van der Waals surface area contributed by atoms with Crippen molar-refractivity contribution in [1.29, 1.82) is 0 Å². The molecule has 0 aliphatic carbocycles. The summed E-state index contributed by atoms with van der Waals surface area (Å²) in [5.74, 6) is -0.439. The second kappa shape index (κ2) is 4.34. The Hall–Kier alpha value is -0.220. The Kier molecular flexibility index (Phi) is 3.26. The zero-order valence-electron chi connectivity index (χ0n) is 9.22. The minimum Gasteiger partial charge on any atom is -0.380 e. The predicted molar refractivity (Wildman–Crippen MR) is 54.1 cm³/mol. The number of fused-ring (bicyclic) bond motifs is 1. The number of hydrogen-bond acceptors (Lipinski definition) is 2. The second-order valence-electron chi connectivity index (χ2n) is 4.71. The van der Waals surface area contributed by atoms with Crippen LogP contribution in [0.5, 0.6) is 0 Å². The lowest BCUT2D eigenvalue weighted by Gasteiger charge is -2.31. The third-order valence-electron chi connectivity index (χ3n) is 3.77. The zero-order valence-corrected chi connectivity index (χ0v) is 9.22. The second-order valence-corrected chi connectivity index (χ2v) is 4.71. The lowest BCUT2D eigenvalue weighted by molar-refractivity contribution is 0.0396. The van der Waals surface area contributed by atoms with E-state index in [1.807, 2.05) is 6.92 Å². The fourth-order valence-corrected chi connectivity index (χ4v) is 3.03. The quantitative estimate of drug-likeness (QED) is 0.718. The van der Waals surface area contributed by atoms with Crippen molar-refractivity contribution in [3.8, 4) is 0 Å². The topological polar surface area (TPSA) is 12.5 Å². The van der Waals surface area contributed by atoms with Crippen LogP contribution in [0.3, 0.4) is 0 Å². The van der Waals surface area contributed by atoms with Gasteiger partial charge in [-0.1, -0.05) is 0 Å². The molecule has 2 rings (SSSR count). The Balaban J connectivity index is 2.01. The predicted octanol–water partition coefficient (Wildman–Crippen LogP) is 2.14. The molecule has 0 aromatic rings. The molecule has 88 valence electrons. The number of ether oxygens (including phenoxy) is 1. The van der Waals surface area contributed by atoms with Crippen LogP contribution < -0.4 is 0 Å². The molecule has 2 aliphatic rings. The summed E-state index contributed by atoms with van der Waals surface area (Å²) in [6, 6.07) is 0. The average molecular weight is 219 g/mol. The summed E-state index contributed by atoms with van der Waals surface area (Å²) in [5, 5.41) is 0. The zero-order chi connectivity index (χ0) is 10.9. The van der Waals surface area contributed by atoms with Crippen LogP contribution in [0, 0.1) is 5.92 Å². The van der Waals surface area contributed by atoms with Crippen molar-refractivity contribution in [2.75, 3.05) is 26.3 Å². The van der Waals surface area contributed by atoms with Gasteiger partial charge in [0.05, 0.1) is 6.61 Å². The van der Waals surface area contributed by atoms with E-state index in [2.05, 4.69) is 4.90 Å². The molecular formula is C11H19F2NO. The van der Waals surface area contributed by atoms with Crippen LogP contribution in [-0.4, -0.2) is 43.2 Å². The highest BCUT2D eigenvalue weighted by Crippen LogP contribution is 2.43. The van der Waals surface area contributed by atoms with Gasteiger partial charge in [0.2, 0.25) is 6.43 Å². The van der Waals surface area contributed by atoms with E-state index >= 15 is 0 Å². The smallest absolute Gasteiger partial charge is 0.242 e. The first-order valence-corrected chi connectivity index (χ1v) is 5.79. The lowest BCUT2D eigenvalue weighted by atomic mass is 9.91. The molecule has 15 heavy (non-hydrogen) atoms. The fourth-order valence-electron chi connectivity index (χ4n) is 3.03. The van der Waals surface area contributed by atoms with Gasteiger partial charge in [-0.05, 0) is 32.7 Å². The largest absolute Gasteiger partial charge is 0.380 e. The van der Waals surface area contributed by atoms with Gasteiger partial charge >= 0.3 is 0 Å². The molecule has 2 atom stereocenters. The first kappa shape index (κ1) is 11.3. The van der Waals surface area contributed by atoms with E-state index in [4.69, 9.17) is 4.74 Å². The molecule has 2 fully saturated rings. The summed E-state index contributed by atoms with van der Waals surface area (Å²) in [6.45, 7) is 4.79. The van der Waals surface area contributed by atoms with Crippen molar-refractivity contribution in [3.63, 3.8) is 0 Å². The summed E-state index contributed by atoms with van der Waals surface area (Å²) in [4.78, 5) is 2.22. The van der Waals surface area contributed by atoms with Gasteiger partial charge in [0.25, 0.3) is 0 Å². The molecule has 0 aromatic heterocycles. The molecule has 0 amide bonds. The van der Waals surface area contributed by atoms with Crippen LogP contribution in [0.2, 0.25) is 0 Å². The van der Waals surface area contributed by atoms with Gasteiger partial charge in [-0.3, -0.25) is 4.90 Å². The molecule has 2 heterocycles. The highest BCUT2D eigenvalue weighted by Gasteiger charge is 2.50. The Labute approximate surface area is 89.6 Å². The molecule has 2 aliphatic heterocycles. The molecular weight excluding hydrogens is 200 g/mol. The van der Waals surface area contributed by atoms with Crippen molar-refractivity contribution in [3.05, 3.63) is 0 Å². The number of halogens is 2. The third-order valence-corrected chi connectivity index (χ3v) is 3.77. The van der Waals surface area contributed by atoms with Crippen LogP contribution >= 0.6 is 0 Å². The maximum absolute atomic E-state index is 12.7. The van der Waals surface area contributed by atoms with Crippen LogP contribution in [0.1, 0.15) is 26.2 Å². The molecule has 0 spiro atoms. The minimum atomic E-state index is -2.17. The highest BCUT2D eigenvalue weighted by molar-refractivity contribution is 5.03. The van der Waals surface area contributed by atoms with Crippen molar-refractivity contribution < 1.29 is 13.5 Å². The number of alkyl halides is 2. The number of rotatable bonds is 4. The summed E-state index contributed by atoms with van der Waals surface area (Å²) >= 11 is 0. The number of nitrogens with zero attached hydrogens (tertiary/aromatic N) is 1. The summed E-state index contributed by atoms with van der Waals surface area (Å²) < 4.78 is 30.8. The molecule has 0 radical (unpaired) electrons. The standard InChI is InChI=1S/C11H19F2NO/c1-2-15-8-11-4-3-5-14(11)7-9(6-11)10(12)13/h9-10H,2-8H2,1H3/t9-,11-/m0/s1. The molecule has 0 bridgehead atoms. The fraction of sp³-hybridized carbons (Fsp3) is 1.00. The maximum Gasteiger partial charge on any atom is 0.242 e. The highest BCUT2D eigenvalue weighted by atomic mass is 19.3. The Morgan fingerprint density at radius 2 is 2.33 bits per heavy atom. The molecule has 0 unspecified atom stereocenters. The molecule has 0 saturated carbocycles. The first-order chi connectivity index (χ1) is 7.18. The van der Waals surface area contributed by atoms with Gasteiger partial charge in [-0.25, -0.2) is 8.78 Å². The Morgan fingerprint density at radius 3 is 3.00 bits per heavy atom. The van der Waals surface area contributed by atoms with E-state index in [1.54, 1.807) is 0 Å². The van der Waals surface area contributed by atoms with Gasteiger partial charge in [-0.15, -0.1) is 0 Å². The van der Waals surface area contributed by atoms with Crippen molar-refractivity contribution in [1.82, 2.24) is 4.90 Å². The maximum atomic E-state index is 12.7. The molecule has 0 N–H and O–H groups in total. The van der Waals surface area contributed by atoms with E-state index in [-0.39, 0.29) is 5.54 Å². The van der Waals surface area contributed by atoms with Crippen molar-refractivity contribution >= 4 is 0 Å². The molecule has 2 saturated heterocycles. The van der Waals surface area contributed by atoms with Crippen LogP contribution in [-0.2, 0) is 4.74 Å². The minimum absolute atomic E-state index is 0.0584. The third kappa shape index (κ3) is 2.02. The Bertz CT molecular complexity index is 225. The van der Waals surface area contributed by atoms with Gasteiger partial charge in [0.15, 0.2) is 0 Å². The van der Waals surface area contributed by atoms with Crippen molar-refractivity contribution in [2.45, 2.75) is 38.2 Å². The van der Waals surface area contributed by atoms with E-state index in [9.17, 15) is 8.78 Å². The molecule has 0 aromatic carbocycles. The number of hydrogen-bond donors (Lipinski definition) is 0. The summed E-state index contributed by atoms with van der Waals surface area (Å²) in [6.07, 6.45) is 0.596. The normalized spacial score (nSPS) is 36.4. The summed E-state index contributed by atoms with van der Waals surface area (Å²) in [5.41, 5.74) is -0.0584. The monoisotopic (exact) mass is 219 g/mol. The van der Waals surface area contributed by atoms with Gasteiger partial charge in [-0.2, -0.15) is 0 Å². The van der Waals surface area contributed by atoms with Gasteiger partial charge in [0.1, 0.15) is 0 Å². The molecule has 4 heteroatoms. The Morgan fingerprint density at radius 1 is 1.53 bits per heavy atom. The van der Waals surface area contributed by atoms with Crippen LogP contribution in [0.4, 0.5) is 8.78 Å². The average Bonchev–Trinajstić information content (AvgIpc) is 2.70. The van der Waals surface area contributed by atoms with Crippen LogP contribution in [0.25, 0.3) is 0 Å². The van der Waals surface area contributed by atoms with E-state index < -0.39 is 12.3 Å².